The third kappa shape index (κ3) is 3.11. The van der Waals surface area contributed by atoms with Gasteiger partial charge in [-0.25, -0.2) is 0 Å². The second-order valence-corrected chi connectivity index (χ2v) is 6.29. The molecule has 1 saturated carbocycles. The largest absolute Gasteiger partial charge is 0.496 e. The van der Waals surface area contributed by atoms with Crippen molar-refractivity contribution in [1.82, 2.24) is 5.32 Å². The molecule has 1 aliphatic rings. The summed E-state index contributed by atoms with van der Waals surface area (Å²) in [6, 6.07) is 6.74. The Labute approximate surface area is 117 Å². The lowest BCUT2D eigenvalue weighted by Gasteiger charge is -2.42. The molecular weight excluding hydrogens is 234 g/mol. The van der Waals surface area contributed by atoms with Gasteiger partial charge in [-0.1, -0.05) is 32.4 Å². The molecule has 1 aromatic rings. The normalized spacial score (nSPS) is 17.3. The third-order valence-corrected chi connectivity index (χ3v) is 4.51. The molecule has 2 nitrogen and oxygen atoms in total. The minimum absolute atomic E-state index is 0.460. The molecule has 0 radical (unpaired) electrons. The van der Waals surface area contributed by atoms with E-state index in [1.807, 2.05) is 0 Å². The Kier molecular flexibility index (Phi) is 4.51. The average molecular weight is 261 g/mol. The number of rotatable bonds is 6. The molecule has 0 atom stereocenters. The maximum absolute atomic E-state index is 5.61. The van der Waals surface area contributed by atoms with E-state index in [1.165, 1.54) is 30.4 Å². The topological polar surface area (TPSA) is 21.3 Å². The predicted molar refractivity (Wildman–Crippen MR) is 81.0 cm³/mol. The van der Waals surface area contributed by atoms with Crippen molar-refractivity contribution in [1.29, 1.82) is 0 Å². The molecule has 0 amide bonds. The fraction of sp³-hybridized carbons (Fsp3) is 0.647. The molecule has 0 unspecified atom stereocenters. The zero-order valence-electron chi connectivity index (χ0n) is 12.8. The first-order chi connectivity index (χ1) is 9.10. The highest BCUT2D eigenvalue weighted by atomic mass is 16.5. The van der Waals surface area contributed by atoms with Gasteiger partial charge in [0.25, 0.3) is 0 Å². The highest BCUT2D eigenvalue weighted by molar-refractivity contribution is 5.39. The molecule has 1 N–H and O–H groups in total. The molecule has 2 rings (SSSR count). The lowest BCUT2D eigenvalue weighted by molar-refractivity contribution is 0.132. The summed E-state index contributed by atoms with van der Waals surface area (Å²) in [5.74, 6) is 1.62. The Hall–Kier alpha value is -1.02. The summed E-state index contributed by atoms with van der Waals surface area (Å²) in [5.41, 5.74) is 3.18. The summed E-state index contributed by atoms with van der Waals surface area (Å²) < 4.78 is 5.61. The minimum Gasteiger partial charge on any atom is -0.496 e. The van der Waals surface area contributed by atoms with Crippen molar-refractivity contribution in [3.8, 4) is 5.75 Å². The molecule has 1 aliphatic carbocycles. The molecule has 0 saturated heterocycles. The van der Waals surface area contributed by atoms with Crippen molar-refractivity contribution < 1.29 is 4.74 Å². The van der Waals surface area contributed by atoms with Gasteiger partial charge >= 0.3 is 0 Å². The Balaban J connectivity index is 2.19. The van der Waals surface area contributed by atoms with Gasteiger partial charge in [-0.05, 0) is 54.8 Å². The van der Waals surface area contributed by atoms with E-state index in [9.17, 15) is 0 Å². The lowest BCUT2D eigenvalue weighted by Crippen LogP contribution is -2.40. The van der Waals surface area contributed by atoms with Gasteiger partial charge in [-0.15, -0.1) is 0 Å². The molecule has 0 heterocycles. The molecule has 0 bridgehead atoms. The van der Waals surface area contributed by atoms with Crippen LogP contribution in [0, 0.1) is 5.41 Å². The van der Waals surface area contributed by atoms with Crippen LogP contribution in [0.5, 0.6) is 5.75 Å². The van der Waals surface area contributed by atoms with Crippen LogP contribution in [0.25, 0.3) is 0 Å². The van der Waals surface area contributed by atoms with Gasteiger partial charge in [0.2, 0.25) is 0 Å². The third-order valence-electron chi connectivity index (χ3n) is 4.51. The predicted octanol–water partition coefficient (Wildman–Crippen LogP) is 3.75. The SMILES string of the molecule is CNCC1(Cc2ccc(C(C)C)cc2OC)CCC1. The van der Waals surface area contributed by atoms with Crippen LogP contribution in [0.1, 0.15) is 50.2 Å². The Bertz CT molecular complexity index is 421. The summed E-state index contributed by atoms with van der Waals surface area (Å²) in [7, 11) is 3.84. The van der Waals surface area contributed by atoms with Crippen LogP contribution in [0.15, 0.2) is 18.2 Å². The van der Waals surface area contributed by atoms with Gasteiger partial charge in [0, 0.05) is 6.54 Å². The van der Waals surface area contributed by atoms with E-state index >= 15 is 0 Å². The maximum atomic E-state index is 5.61. The van der Waals surface area contributed by atoms with Gasteiger partial charge in [-0.2, -0.15) is 0 Å². The Morgan fingerprint density at radius 2 is 2.05 bits per heavy atom. The summed E-state index contributed by atoms with van der Waals surface area (Å²) in [6.07, 6.45) is 5.18. The van der Waals surface area contributed by atoms with E-state index in [4.69, 9.17) is 4.74 Å². The first kappa shape index (κ1) is 14.4. The molecule has 106 valence electrons. The van der Waals surface area contributed by atoms with Crippen LogP contribution >= 0.6 is 0 Å². The van der Waals surface area contributed by atoms with Gasteiger partial charge in [0.15, 0.2) is 0 Å². The number of hydrogen-bond acceptors (Lipinski definition) is 2. The number of ether oxygens (including phenoxy) is 1. The van der Waals surface area contributed by atoms with Crippen LogP contribution in [-0.4, -0.2) is 20.7 Å². The zero-order valence-corrected chi connectivity index (χ0v) is 12.8. The molecule has 2 heteroatoms. The Morgan fingerprint density at radius 1 is 1.32 bits per heavy atom. The lowest BCUT2D eigenvalue weighted by atomic mass is 9.65. The molecule has 0 spiro atoms. The zero-order chi connectivity index (χ0) is 13.9. The van der Waals surface area contributed by atoms with Crippen molar-refractivity contribution in [2.24, 2.45) is 5.41 Å². The molecule has 1 aromatic carbocycles. The van der Waals surface area contributed by atoms with E-state index in [1.54, 1.807) is 7.11 Å². The van der Waals surface area contributed by atoms with Crippen molar-refractivity contribution in [2.75, 3.05) is 20.7 Å². The van der Waals surface area contributed by atoms with E-state index in [-0.39, 0.29) is 0 Å². The number of nitrogens with one attached hydrogen (secondary N) is 1. The van der Waals surface area contributed by atoms with Crippen molar-refractivity contribution in [3.63, 3.8) is 0 Å². The summed E-state index contributed by atoms with van der Waals surface area (Å²) >= 11 is 0. The maximum Gasteiger partial charge on any atom is 0.122 e. The van der Waals surface area contributed by atoms with Gasteiger partial charge < -0.3 is 10.1 Å². The van der Waals surface area contributed by atoms with Crippen molar-refractivity contribution in [3.05, 3.63) is 29.3 Å². The summed E-state index contributed by atoms with van der Waals surface area (Å²) in [5, 5.41) is 3.36. The minimum atomic E-state index is 0.460. The second kappa shape index (κ2) is 5.96. The Morgan fingerprint density at radius 3 is 2.53 bits per heavy atom. The molecule has 19 heavy (non-hydrogen) atoms. The quantitative estimate of drug-likeness (QED) is 0.842. The van der Waals surface area contributed by atoms with Gasteiger partial charge in [0.1, 0.15) is 5.75 Å². The van der Waals surface area contributed by atoms with Crippen LogP contribution < -0.4 is 10.1 Å². The fourth-order valence-corrected chi connectivity index (χ4v) is 3.14. The molecular formula is C17H27NO. The number of methoxy groups -OCH3 is 1. The van der Waals surface area contributed by atoms with E-state index in [0.717, 1.165) is 18.7 Å². The summed E-state index contributed by atoms with van der Waals surface area (Å²) in [6.45, 7) is 5.56. The van der Waals surface area contributed by atoms with Gasteiger partial charge in [0.05, 0.1) is 7.11 Å². The van der Waals surface area contributed by atoms with E-state index in [0.29, 0.717) is 11.3 Å². The van der Waals surface area contributed by atoms with Gasteiger partial charge in [-0.3, -0.25) is 0 Å². The average Bonchev–Trinajstić information content (AvgIpc) is 2.36. The monoisotopic (exact) mass is 261 g/mol. The standard InChI is InChI=1S/C17H27NO/c1-13(2)14-6-7-15(16(10-14)19-4)11-17(12-18-3)8-5-9-17/h6-7,10,13,18H,5,8-9,11-12H2,1-4H3. The summed E-state index contributed by atoms with van der Waals surface area (Å²) in [4.78, 5) is 0. The number of hydrogen-bond donors (Lipinski definition) is 1. The molecule has 1 fully saturated rings. The first-order valence-corrected chi connectivity index (χ1v) is 7.42. The smallest absolute Gasteiger partial charge is 0.122 e. The molecule has 0 aromatic heterocycles. The van der Waals surface area contributed by atoms with Crippen molar-refractivity contribution >= 4 is 0 Å². The van der Waals surface area contributed by atoms with E-state index in [2.05, 4.69) is 44.4 Å². The highest BCUT2D eigenvalue weighted by Crippen LogP contribution is 2.44. The van der Waals surface area contributed by atoms with E-state index < -0.39 is 0 Å². The first-order valence-electron chi connectivity index (χ1n) is 7.42. The number of benzene rings is 1. The second-order valence-electron chi connectivity index (χ2n) is 6.29. The van der Waals surface area contributed by atoms with Crippen LogP contribution in [0.2, 0.25) is 0 Å². The van der Waals surface area contributed by atoms with Crippen LogP contribution in [-0.2, 0) is 6.42 Å². The molecule has 0 aliphatic heterocycles. The highest BCUT2D eigenvalue weighted by Gasteiger charge is 2.36. The van der Waals surface area contributed by atoms with Crippen LogP contribution in [0.4, 0.5) is 0 Å². The van der Waals surface area contributed by atoms with Crippen molar-refractivity contribution in [2.45, 2.75) is 45.4 Å². The fourth-order valence-electron chi connectivity index (χ4n) is 3.14. The van der Waals surface area contributed by atoms with Crippen LogP contribution in [0.3, 0.4) is 0 Å².